The number of hydrogen-bond donors (Lipinski definition) is 1. The zero-order chi connectivity index (χ0) is 28.8. The van der Waals surface area contributed by atoms with Gasteiger partial charge >= 0.3 is 5.97 Å². The Bertz CT molecular complexity index is 1520. The van der Waals surface area contributed by atoms with Gasteiger partial charge in [-0.25, -0.2) is 4.79 Å². The Kier molecular flexibility index (Phi) is 7.52. The zero-order valence-electron chi connectivity index (χ0n) is 24.4. The number of para-hydroxylation sites is 1. The molecular weight excluding hydrogens is 518 g/mol. The maximum absolute atomic E-state index is 13.6. The van der Waals surface area contributed by atoms with E-state index in [1.807, 2.05) is 24.3 Å². The van der Waals surface area contributed by atoms with Crippen LogP contribution >= 0.6 is 11.3 Å². The highest BCUT2D eigenvalue weighted by molar-refractivity contribution is 7.16. The molecule has 2 heterocycles. The molecule has 0 fully saturated rings. The van der Waals surface area contributed by atoms with Crippen LogP contribution in [0.25, 0.3) is 10.9 Å². The van der Waals surface area contributed by atoms with Crippen LogP contribution in [0.1, 0.15) is 92.0 Å². The van der Waals surface area contributed by atoms with Gasteiger partial charge < -0.3 is 10.1 Å². The number of nitrogens with zero attached hydrogens (tertiary/aromatic N) is 2. The summed E-state index contributed by atoms with van der Waals surface area (Å²) in [5, 5.41) is 14.1. The van der Waals surface area contributed by atoms with Crippen molar-refractivity contribution in [3.63, 3.8) is 0 Å². The molecule has 0 radical (unpaired) electrons. The molecule has 5 rings (SSSR count). The highest BCUT2D eigenvalue weighted by atomic mass is 32.1. The number of fused-ring (bicyclic) bond motifs is 3. The summed E-state index contributed by atoms with van der Waals surface area (Å²) >= 11 is 1.49. The van der Waals surface area contributed by atoms with Gasteiger partial charge in [-0.3, -0.25) is 9.78 Å². The first-order valence-electron chi connectivity index (χ1n) is 14.3. The number of aryl methyl sites for hydroxylation is 1. The van der Waals surface area contributed by atoms with Crippen LogP contribution in [-0.4, -0.2) is 23.5 Å². The van der Waals surface area contributed by atoms with Gasteiger partial charge in [0, 0.05) is 16.0 Å². The maximum Gasteiger partial charge on any atom is 0.339 e. The number of pyridine rings is 1. The topological polar surface area (TPSA) is 92.1 Å². The second-order valence-electron chi connectivity index (χ2n) is 13.5. The van der Waals surface area contributed by atoms with Crippen LogP contribution in [0.15, 0.2) is 24.3 Å². The standard InChI is InChI=1S/C33H39N3O3S/c1-32(2,3)19-12-14-26-23(15-19)29(22-9-7-8-10-25(22)35-26)31(38)39-18-28(37)36-30-24(17-34)21-13-11-20(33(4,5)6)16-27(21)40-30/h7-10,19-20H,11-16,18H2,1-6H3,(H,36,37). The van der Waals surface area contributed by atoms with Crippen LogP contribution in [0.5, 0.6) is 0 Å². The number of nitriles is 1. The summed E-state index contributed by atoms with van der Waals surface area (Å²) in [5.41, 5.74) is 5.10. The van der Waals surface area contributed by atoms with Gasteiger partial charge in [0.15, 0.2) is 6.61 Å². The molecule has 0 spiro atoms. The number of thiophene rings is 1. The fraction of sp³-hybridized carbons (Fsp3) is 0.515. The van der Waals surface area contributed by atoms with Gasteiger partial charge in [0.1, 0.15) is 11.1 Å². The Morgan fingerprint density at radius 2 is 1.70 bits per heavy atom. The molecule has 6 nitrogen and oxygen atoms in total. The van der Waals surface area contributed by atoms with Gasteiger partial charge in [-0.1, -0.05) is 59.7 Å². The van der Waals surface area contributed by atoms with E-state index in [2.05, 4.69) is 52.9 Å². The Morgan fingerprint density at radius 3 is 2.40 bits per heavy atom. The van der Waals surface area contributed by atoms with Gasteiger partial charge in [-0.15, -0.1) is 11.3 Å². The van der Waals surface area contributed by atoms with Crippen molar-refractivity contribution in [1.29, 1.82) is 5.26 Å². The first kappa shape index (κ1) is 28.3. The molecule has 210 valence electrons. The number of nitrogens with one attached hydrogen (secondary N) is 1. The van der Waals surface area contributed by atoms with Crippen LogP contribution in [-0.2, 0) is 35.2 Å². The fourth-order valence-electron chi connectivity index (χ4n) is 6.26. The first-order valence-corrected chi connectivity index (χ1v) is 15.1. The number of amides is 1. The summed E-state index contributed by atoms with van der Waals surface area (Å²) in [4.78, 5) is 32.6. The van der Waals surface area contributed by atoms with E-state index in [-0.39, 0.29) is 10.8 Å². The van der Waals surface area contributed by atoms with Crippen molar-refractivity contribution >= 4 is 39.1 Å². The van der Waals surface area contributed by atoms with E-state index >= 15 is 0 Å². The van der Waals surface area contributed by atoms with Crippen molar-refractivity contribution in [2.24, 2.45) is 22.7 Å². The molecule has 0 saturated carbocycles. The van der Waals surface area contributed by atoms with Crippen molar-refractivity contribution in [2.75, 3.05) is 11.9 Å². The molecule has 1 aromatic carbocycles. The van der Waals surface area contributed by atoms with Crippen LogP contribution < -0.4 is 5.32 Å². The lowest BCUT2D eigenvalue weighted by molar-refractivity contribution is -0.119. The van der Waals surface area contributed by atoms with Crippen LogP contribution in [0.4, 0.5) is 5.00 Å². The summed E-state index contributed by atoms with van der Waals surface area (Å²) < 4.78 is 5.64. The van der Waals surface area contributed by atoms with Crippen molar-refractivity contribution in [1.82, 2.24) is 4.98 Å². The molecule has 2 aliphatic rings. The Labute approximate surface area is 241 Å². The van der Waals surface area contributed by atoms with E-state index in [0.717, 1.165) is 66.2 Å². The predicted octanol–water partition coefficient (Wildman–Crippen LogP) is 7.27. The number of carbonyl (C=O) groups excluding carboxylic acids is 2. The number of aromatic nitrogens is 1. The van der Waals surface area contributed by atoms with Gasteiger partial charge in [-0.2, -0.15) is 5.26 Å². The minimum absolute atomic E-state index is 0.107. The minimum atomic E-state index is -0.501. The summed E-state index contributed by atoms with van der Waals surface area (Å²) in [6.45, 7) is 13.1. The van der Waals surface area contributed by atoms with E-state index in [4.69, 9.17) is 9.72 Å². The van der Waals surface area contributed by atoms with E-state index in [9.17, 15) is 14.9 Å². The number of rotatable bonds is 4. The molecule has 2 atom stereocenters. The summed E-state index contributed by atoms with van der Waals surface area (Å²) in [7, 11) is 0. The lowest BCUT2D eigenvalue weighted by Crippen LogP contribution is -2.29. The van der Waals surface area contributed by atoms with E-state index in [1.54, 1.807) is 0 Å². The lowest BCUT2D eigenvalue weighted by Gasteiger charge is -2.35. The third-order valence-electron chi connectivity index (χ3n) is 8.88. The molecule has 0 bridgehead atoms. The van der Waals surface area contributed by atoms with Crippen molar-refractivity contribution in [3.05, 3.63) is 57.1 Å². The molecule has 0 saturated heterocycles. The Balaban J connectivity index is 1.35. The summed E-state index contributed by atoms with van der Waals surface area (Å²) in [5.74, 6) is 0.0211. The number of ether oxygens (including phenoxy) is 1. The predicted molar refractivity (Wildman–Crippen MR) is 160 cm³/mol. The molecule has 1 amide bonds. The molecule has 2 unspecified atom stereocenters. The third-order valence-corrected chi connectivity index (χ3v) is 10.0. The average molecular weight is 558 g/mol. The molecule has 7 heteroatoms. The van der Waals surface area contributed by atoms with Gasteiger partial charge in [0.25, 0.3) is 5.91 Å². The number of esters is 1. The van der Waals surface area contributed by atoms with Gasteiger partial charge in [0.2, 0.25) is 0 Å². The lowest BCUT2D eigenvalue weighted by atomic mass is 9.70. The Hall–Kier alpha value is -3.24. The molecule has 0 aliphatic heterocycles. The largest absolute Gasteiger partial charge is 0.452 e. The normalized spacial score (nSPS) is 18.9. The highest BCUT2D eigenvalue weighted by Crippen LogP contribution is 2.44. The van der Waals surface area contributed by atoms with Gasteiger partial charge in [-0.05, 0) is 78.4 Å². The molecule has 40 heavy (non-hydrogen) atoms. The van der Waals surface area contributed by atoms with Crippen molar-refractivity contribution in [3.8, 4) is 6.07 Å². The van der Waals surface area contributed by atoms with Crippen molar-refractivity contribution < 1.29 is 14.3 Å². The maximum atomic E-state index is 13.6. The SMILES string of the molecule is CC(C)(C)C1CCc2c(sc(NC(=O)COC(=O)c3c4c(nc5ccccc35)CCC(C(C)(C)C)C4)c2C#N)C1. The monoisotopic (exact) mass is 557 g/mol. The van der Waals surface area contributed by atoms with E-state index < -0.39 is 18.5 Å². The number of anilines is 1. The number of carbonyl (C=O) groups is 2. The smallest absolute Gasteiger partial charge is 0.339 e. The Morgan fingerprint density at radius 1 is 1.02 bits per heavy atom. The second-order valence-corrected chi connectivity index (χ2v) is 14.6. The minimum Gasteiger partial charge on any atom is -0.452 e. The van der Waals surface area contributed by atoms with E-state index in [1.165, 1.54) is 16.2 Å². The number of benzene rings is 1. The molecular formula is C33H39N3O3S. The van der Waals surface area contributed by atoms with E-state index in [0.29, 0.717) is 28.0 Å². The van der Waals surface area contributed by atoms with Gasteiger partial charge in [0.05, 0.1) is 16.6 Å². The molecule has 2 aliphatic carbocycles. The highest BCUT2D eigenvalue weighted by Gasteiger charge is 2.34. The van der Waals surface area contributed by atoms with Crippen molar-refractivity contribution in [2.45, 2.75) is 80.1 Å². The molecule has 1 N–H and O–H groups in total. The molecule has 2 aromatic heterocycles. The number of hydrogen-bond acceptors (Lipinski definition) is 6. The van der Waals surface area contributed by atoms with Crippen LogP contribution in [0, 0.1) is 34.0 Å². The summed E-state index contributed by atoms with van der Waals surface area (Å²) in [6, 6.07) is 9.94. The zero-order valence-corrected chi connectivity index (χ0v) is 25.3. The second kappa shape index (κ2) is 10.6. The van der Waals surface area contributed by atoms with Crippen LogP contribution in [0.3, 0.4) is 0 Å². The summed E-state index contributed by atoms with van der Waals surface area (Å²) in [6.07, 6.45) is 5.40. The quantitative estimate of drug-likeness (QED) is 0.341. The third kappa shape index (κ3) is 5.51. The first-order chi connectivity index (χ1) is 18.9. The average Bonchev–Trinajstić information content (AvgIpc) is 3.25. The fourth-order valence-corrected chi connectivity index (χ4v) is 7.55. The van der Waals surface area contributed by atoms with Crippen LogP contribution in [0.2, 0.25) is 0 Å². The molecule has 3 aromatic rings.